The summed E-state index contributed by atoms with van der Waals surface area (Å²) in [5.41, 5.74) is 0.617. The standard InChI is InChI=1S/C14H19NO3S/c1-17-8-2-10-19(16)11-3-9-18-14-6-4-13(12-15)5-7-14/h4-7H,2-3,8-11H2,1H3. The maximum Gasteiger partial charge on any atom is 0.119 e. The lowest BCUT2D eigenvalue weighted by atomic mass is 10.2. The summed E-state index contributed by atoms with van der Waals surface area (Å²) in [4.78, 5) is 0. The van der Waals surface area contributed by atoms with E-state index >= 15 is 0 Å². The van der Waals surface area contributed by atoms with Crippen LogP contribution in [-0.4, -0.2) is 36.0 Å². The highest BCUT2D eigenvalue weighted by molar-refractivity contribution is 7.84. The van der Waals surface area contributed by atoms with Gasteiger partial charge in [-0.15, -0.1) is 0 Å². The molecule has 4 nitrogen and oxygen atoms in total. The minimum Gasteiger partial charge on any atom is -0.494 e. The smallest absolute Gasteiger partial charge is 0.119 e. The molecule has 1 atom stereocenters. The second-order valence-electron chi connectivity index (χ2n) is 4.03. The lowest BCUT2D eigenvalue weighted by Crippen LogP contribution is -2.08. The Morgan fingerprint density at radius 1 is 1.16 bits per heavy atom. The van der Waals surface area contributed by atoms with Crippen LogP contribution in [-0.2, 0) is 15.5 Å². The summed E-state index contributed by atoms with van der Waals surface area (Å²) in [6.07, 6.45) is 1.60. The first kappa shape index (κ1) is 15.7. The summed E-state index contributed by atoms with van der Waals surface area (Å²) in [6, 6.07) is 9.04. The lowest BCUT2D eigenvalue weighted by Gasteiger charge is -2.06. The van der Waals surface area contributed by atoms with Crippen LogP contribution in [0.2, 0.25) is 0 Å². The van der Waals surface area contributed by atoms with Gasteiger partial charge in [0, 0.05) is 36.0 Å². The molecule has 0 saturated carbocycles. The van der Waals surface area contributed by atoms with E-state index in [0.29, 0.717) is 30.3 Å². The monoisotopic (exact) mass is 281 g/mol. The van der Waals surface area contributed by atoms with E-state index in [1.165, 1.54) is 0 Å². The maximum absolute atomic E-state index is 11.6. The number of methoxy groups -OCH3 is 1. The number of benzene rings is 1. The van der Waals surface area contributed by atoms with E-state index in [0.717, 1.165) is 18.6 Å². The summed E-state index contributed by atoms with van der Waals surface area (Å²) in [5.74, 6) is 2.08. The molecule has 0 amide bonds. The van der Waals surface area contributed by atoms with Crippen molar-refractivity contribution in [2.24, 2.45) is 0 Å². The molecule has 0 N–H and O–H groups in total. The van der Waals surface area contributed by atoms with Crippen molar-refractivity contribution in [3.05, 3.63) is 29.8 Å². The Labute approximate surface area is 116 Å². The third-order valence-electron chi connectivity index (χ3n) is 2.49. The van der Waals surface area contributed by atoms with Gasteiger partial charge >= 0.3 is 0 Å². The summed E-state index contributed by atoms with van der Waals surface area (Å²) >= 11 is 0. The zero-order valence-electron chi connectivity index (χ0n) is 11.1. The first-order chi connectivity index (χ1) is 9.26. The van der Waals surface area contributed by atoms with Crippen LogP contribution in [0.4, 0.5) is 0 Å². The van der Waals surface area contributed by atoms with Crippen LogP contribution in [0.3, 0.4) is 0 Å². The highest BCUT2D eigenvalue weighted by Gasteiger charge is 2.00. The molecular weight excluding hydrogens is 262 g/mol. The van der Waals surface area contributed by atoms with E-state index in [1.54, 1.807) is 31.4 Å². The normalized spacial score (nSPS) is 11.8. The molecule has 1 rings (SSSR count). The first-order valence-corrected chi connectivity index (χ1v) is 7.72. The molecule has 1 aromatic rings. The maximum atomic E-state index is 11.6. The zero-order valence-corrected chi connectivity index (χ0v) is 11.9. The topological polar surface area (TPSA) is 59.3 Å². The molecule has 0 radical (unpaired) electrons. The van der Waals surface area contributed by atoms with Gasteiger partial charge in [-0.25, -0.2) is 0 Å². The molecule has 1 aromatic carbocycles. The van der Waals surface area contributed by atoms with Gasteiger partial charge in [0.05, 0.1) is 18.2 Å². The van der Waals surface area contributed by atoms with Crippen molar-refractivity contribution in [2.45, 2.75) is 12.8 Å². The third-order valence-corrected chi connectivity index (χ3v) is 3.98. The van der Waals surface area contributed by atoms with Crippen LogP contribution >= 0.6 is 0 Å². The SMILES string of the molecule is COCCCS(=O)CCCOc1ccc(C#N)cc1. The largest absolute Gasteiger partial charge is 0.494 e. The minimum absolute atomic E-state index is 0.544. The Bertz CT molecular complexity index is 425. The van der Waals surface area contributed by atoms with Crippen molar-refractivity contribution in [3.8, 4) is 11.8 Å². The number of hydrogen-bond acceptors (Lipinski definition) is 4. The van der Waals surface area contributed by atoms with Gasteiger partial charge in [-0.3, -0.25) is 4.21 Å². The number of ether oxygens (including phenoxy) is 2. The molecule has 0 heterocycles. The molecule has 0 aliphatic rings. The predicted octanol–water partition coefficient (Wildman–Crippen LogP) is 2.11. The van der Waals surface area contributed by atoms with Crippen molar-refractivity contribution in [3.63, 3.8) is 0 Å². The van der Waals surface area contributed by atoms with Crippen molar-refractivity contribution in [2.75, 3.05) is 31.8 Å². The van der Waals surface area contributed by atoms with Crippen LogP contribution in [0.1, 0.15) is 18.4 Å². The van der Waals surface area contributed by atoms with E-state index in [2.05, 4.69) is 6.07 Å². The molecule has 0 fully saturated rings. The van der Waals surface area contributed by atoms with Crippen LogP contribution in [0.25, 0.3) is 0 Å². The van der Waals surface area contributed by atoms with Crippen LogP contribution in [0, 0.1) is 11.3 Å². The van der Waals surface area contributed by atoms with E-state index in [-0.39, 0.29) is 0 Å². The average molecular weight is 281 g/mol. The summed E-state index contributed by atoms with van der Waals surface area (Å²) in [6.45, 7) is 1.20. The van der Waals surface area contributed by atoms with Gasteiger partial charge in [0.15, 0.2) is 0 Å². The molecule has 0 aliphatic carbocycles. The molecular formula is C14H19NO3S. The fourth-order valence-corrected chi connectivity index (χ4v) is 2.59. The highest BCUT2D eigenvalue weighted by Crippen LogP contribution is 2.11. The van der Waals surface area contributed by atoms with Gasteiger partial charge in [-0.2, -0.15) is 5.26 Å². The average Bonchev–Trinajstić information content (AvgIpc) is 2.44. The fraction of sp³-hybridized carbons (Fsp3) is 0.500. The Kier molecular flexibility index (Phi) is 7.87. The Balaban J connectivity index is 2.13. The van der Waals surface area contributed by atoms with Gasteiger partial charge in [0.1, 0.15) is 5.75 Å². The Morgan fingerprint density at radius 2 is 1.79 bits per heavy atom. The van der Waals surface area contributed by atoms with Crippen molar-refractivity contribution in [1.82, 2.24) is 0 Å². The number of rotatable bonds is 9. The third kappa shape index (κ3) is 6.94. The van der Waals surface area contributed by atoms with E-state index in [1.807, 2.05) is 0 Å². The van der Waals surface area contributed by atoms with E-state index in [9.17, 15) is 4.21 Å². The molecule has 19 heavy (non-hydrogen) atoms. The minimum atomic E-state index is -0.788. The Hall–Kier alpha value is -1.38. The summed E-state index contributed by atoms with van der Waals surface area (Å²) in [5, 5.41) is 8.66. The first-order valence-electron chi connectivity index (χ1n) is 6.23. The molecule has 0 spiro atoms. The second-order valence-corrected chi connectivity index (χ2v) is 5.73. The van der Waals surface area contributed by atoms with Crippen molar-refractivity contribution < 1.29 is 13.7 Å². The van der Waals surface area contributed by atoms with Crippen molar-refractivity contribution >= 4 is 10.8 Å². The molecule has 0 aromatic heterocycles. The van der Waals surface area contributed by atoms with E-state index in [4.69, 9.17) is 14.7 Å². The molecule has 5 heteroatoms. The highest BCUT2D eigenvalue weighted by atomic mass is 32.2. The molecule has 0 bridgehead atoms. The van der Waals surface area contributed by atoms with Gasteiger partial charge < -0.3 is 9.47 Å². The van der Waals surface area contributed by atoms with Crippen LogP contribution in [0.5, 0.6) is 5.75 Å². The van der Waals surface area contributed by atoms with E-state index < -0.39 is 10.8 Å². The van der Waals surface area contributed by atoms with Crippen molar-refractivity contribution in [1.29, 1.82) is 5.26 Å². The van der Waals surface area contributed by atoms with Crippen LogP contribution in [0.15, 0.2) is 24.3 Å². The number of hydrogen-bond donors (Lipinski definition) is 0. The molecule has 1 unspecified atom stereocenters. The second kappa shape index (κ2) is 9.54. The zero-order chi connectivity index (χ0) is 13.9. The predicted molar refractivity (Wildman–Crippen MR) is 75.6 cm³/mol. The van der Waals surface area contributed by atoms with Crippen LogP contribution < -0.4 is 4.74 Å². The Morgan fingerprint density at radius 3 is 2.37 bits per heavy atom. The van der Waals surface area contributed by atoms with Gasteiger partial charge in [0.2, 0.25) is 0 Å². The number of nitriles is 1. The van der Waals surface area contributed by atoms with Gasteiger partial charge in [-0.1, -0.05) is 0 Å². The molecule has 104 valence electrons. The fourth-order valence-electron chi connectivity index (χ4n) is 1.50. The molecule has 0 aliphatic heterocycles. The quantitative estimate of drug-likeness (QED) is 0.650. The number of nitrogens with zero attached hydrogens (tertiary/aromatic N) is 1. The molecule has 0 saturated heterocycles. The lowest BCUT2D eigenvalue weighted by molar-refractivity contribution is 0.200. The van der Waals surface area contributed by atoms with Gasteiger partial charge in [0.25, 0.3) is 0 Å². The van der Waals surface area contributed by atoms with Gasteiger partial charge in [-0.05, 0) is 37.1 Å². The summed E-state index contributed by atoms with van der Waals surface area (Å²) < 4.78 is 22.0. The summed E-state index contributed by atoms with van der Waals surface area (Å²) in [7, 11) is 0.860.